The van der Waals surface area contributed by atoms with Gasteiger partial charge in [-0.05, 0) is 44.0 Å². The molecule has 1 unspecified atom stereocenters. The van der Waals surface area contributed by atoms with E-state index in [9.17, 15) is 4.39 Å². The molecule has 0 saturated heterocycles. The fourth-order valence-electron chi connectivity index (χ4n) is 2.01. The number of hydrogen-bond acceptors (Lipinski definition) is 1. The highest BCUT2D eigenvalue weighted by Gasteiger charge is 2.08. The van der Waals surface area contributed by atoms with E-state index in [-0.39, 0.29) is 11.9 Å². The van der Waals surface area contributed by atoms with Crippen molar-refractivity contribution < 1.29 is 4.39 Å². The van der Waals surface area contributed by atoms with Crippen molar-refractivity contribution in [3.05, 3.63) is 65.0 Å². The summed E-state index contributed by atoms with van der Waals surface area (Å²) in [4.78, 5) is 0. The molecule has 0 amide bonds. The fraction of sp³-hybridized carbons (Fsp3) is 0.250. The van der Waals surface area contributed by atoms with Gasteiger partial charge < -0.3 is 5.32 Å². The van der Waals surface area contributed by atoms with Gasteiger partial charge in [-0.15, -0.1) is 0 Å². The highest BCUT2D eigenvalue weighted by atomic mass is 19.1. The highest BCUT2D eigenvalue weighted by molar-refractivity contribution is 5.49. The third-order valence-electron chi connectivity index (χ3n) is 3.04. The maximum absolute atomic E-state index is 13.7. The minimum Gasteiger partial charge on any atom is -0.376 e. The zero-order valence-electron chi connectivity index (χ0n) is 11.0. The van der Waals surface area contributed by atoms with Crippen LogP contribution >= 0.6 is 0 Å². The van der Waals surface area contributed by atoms with E-state index in [1.54, 1.807) is 6.07 Å². The minimum absolute atomic E-state index is 0.0844. The average Bonchev–Trinajstić information content (AvgIpc) is 2.34. The van der Waals surface area contributed by atoms with Crippen molar-refractivity contribution in [2.75, 3.05) is 5.32 Å². The molecule has 2 aromatic carbocycles. The summed E-state index contributed by atoms with van der Waals surface area (Å²) in [5.41, 5.74) is 3.99. The van der Waals surface area contributed by atoms with Crippen LogP contribution in [0.25, 0.3) is 0 Å². The molecule has 0 spiro atoms. The Morgan fingerprint density at radius 2 is 1.72 bits per heavy atom. The van der Waals surface area contributed by atoms with E-state index in [0.717, 1.165) is 11.1 Å². The van der Waals surface area contributed by atoms with Gasteiger partial charge in [0.25, 0.3) is 0 Å². The van der Waals surface area contributed by atoms with Crippen molar-refractivity contribution in [1.29, 1.82) is 0 Å². The Bertz CT molecular complexity index is 549. The van der Waals surface area contributed by atoms with Crippen LogP contribution in [-0.4, -0.2) is 0 Å². The van der Waals surface area contributed by atoms with Crippen molar-refractivity contribution in [2.24, 2.45) is 0 Å². The molecule has 18 heavy (non-hydrogen) atoms. The number of rotatable bonds is 3. The molecule has 1 nitrogen and oxygen atoms in total. The fourth-order valence-corrected chi connectivity index (χ4v) is 2.01. The predicted molar refractivity (Wildman–Crippen MR) is 74.4 cm³/mol. The molecular weight excluding hydrogens is 225 g/mol. The molecule has 1 atom stereocenters. The quantitative estimate of drug-likeness (QED) is 0.829. The van der Waals surface area contributed by atoms with Crippen molar-refractivity contribution >= 4 is 5.69 Å². The van der Waals surface area contributed by atoms with Crippen molar-refractivity contribution in [2.45, 2.75) is 26.8 Å². The summed E-state index contributed by atoms with van der Waals surface area (Å²) in [6, 6.07) is 13.4. The number of halogens is 1. The van der Waals surface area contributed by atoms with Crippen LogP contribution < -0.4 is 5.32 Å². The van der Waals surface area contributed by atoms with Gasteiger partial charge in [0.1, 0.15) is 5.82 Å². The number of nitrogens with one attached hydrogen (secondary N) is 1. The zero-order chi connectivity index (χ0) is 13.1. The maximum atomic E-state index is 13.7. The van der Waals surface area contributed by atoms with Crippen LogP contribution in [0.5, 0.6) is 0 Å². The molecule has 2 aromatic rings. The Labute approximate surface area is 108 Å². The smallest absolute Gasteiger partial charge is 0.146 e. The number of aryl methyl sites for hydroxylation is 2. The van der Waals surface area contributed by atoms with Gasteiger partial charge in [0, 0.05) is 6.04 Å². The molecular formula is C16H18FN. The van der Waals surface area contributed by atoms with Crippen LogP contribution in [0.4, 0.5) is 10.1 Å². The second-order valence-corrected chi connectivity index (χ2v) is 4.76. The number of hydrogen-bond donors (Lipinski definition) is 1. The van der Waals surface area contributed by atoms with Gasteiger partial charge in [-0.3, -0.25) is 0 Å². The molecule has 2 heteroatoms. The van der Waals surface area contributed by atoms with Crippen LogP contribution in [0.15, 0.2) is 42.5 Å². The van der Waals surface area contributed by atoms with Gasteiger partial charge in [0.2, 0.25) is 0 Å². The second kappa shape index (κ2) is 5.21. The largest absolute Gasteiger partial charge is 0.376 e. The number of benzene rings is 2. The molecule has 0 aromatic heterocycles. The lowest BCUT2D eigenvalue weighted by molar-refractivity contribution is 0.627. The molecule has 0 aliphatic heterocycles. The van der Waals surface area contributed by atoms with Crippen LogP contribution in [0.1, 0.15) is 29.7 Å². The van der Waals surface area contributed by atoms with E-state index in [1.165, 1.54) is 11.6 Å². The second-order valence-electron chi connectivity index (χ2n) is 4.76. The molecule has 1 N–H and O–H groups in total. The maximum Gasteiger partial charge on any atom is 0.146 e. The van der Waals surface area contributed by atoms with Crippen LogP contribution in [0, 0.1) is 19.7 Å². The normalized spacial score (nSPS) is 12.2. The Hall–Kier alpha value is -1.83. The molecule has 0 fully saturated rings. The monoisotopic (exact) mass is 243 g/mol. The third-order valence-corrected chi connectivity index (χ3v) is 3.04. The molecule has 2 rings (SSSR count). The Morgan fingerprint density at radius 3 is 2.44 bits per heavy atom. The summed E-state index contributed by atoms with van der Waals surface area (Å²) in [6.45, 7) is 6.06. The van der Waals surface area contributed by atoms with Crippen LogP contribution in [-0.2, 0) is 0 Å². The lowest BCUT2D eigenvalue weighted by Gasteiger charge is -2.17. The lowest BCUT2D eigenvalue weighted by atomic mass is 10.1. The topological polar surface area (TPSA) is 12.0 Å². The molecule has 0 saturated carbocycles. The summed E-state index contributed by atoms with van der Waals surface area (Å²) < 4.78 is 13.7. The van der Waals surface area contributed by atoms with Crippen LogP contribution in [0.3, 0.4) is 0 Å². The summed E-state index contributed by atoms with van der Waals surface area (Å²) >= 11 is 0. The minimum atomic E-state index is -0.208. The van der Waals surface area contributed by atoms with E-state index in [1.807, 2.05) is 26.0 Å². The first-order valence-corrected chi connectivity index (χ1v) is 6.15. The first kappa shape index (κ1) is 12.6. The van der Waals surface area contributed by atoms with E-state index in [2.05, 4.69) is 30.4 Å². The lowest BCUT2D eigenvalue weighted by Crippen LogP contribution is -2.08. The van der Waals surface area contributed by atoms with Crippen molar-refractivity contribution in [3.8, 4) is 0 Å². The summed E-state index contributed by atoms with van der Waals surface area (Å²) in [7, 11) is 0. The standard InChI is InChI=1S/C16H18FN/c1-11-5-4-6-14(9-11)13(3)18-16-10-12(2)7-8-15(16)17/h4-10,13,18H,1-3H3. The van der Waals surface area contributed by atoms with E-state index >= 15 is 0 Å². The number of anilines is 1. The van der Waals surface area contributed by atoms with E-state index < -0.39 is 0 Å². The Kier molecular flexibility index (Phi) is 3.66. The van der Waals surface area contributed by atoms with Gasteiger partial charge in [-0.25, -0.2) is 4.39 Å². The Balaban J connectivity index is 2.21. The van der Waals surface area contributed by atoms with Crippen molar-refractivity contribution in [1.82, 2.24) is 0 Å². The van der Waals surface area contributed by atoms with E-state index in [4.69, 9.17) is 0 Å². The summed E-state index contributed by atoms with van der Waals surface area (Å²) in [5.74, 6) is -0.208. The van der Waals surface area contributed by atoms with Gasteiger partial charge in [-0.2, -0.15) is 0 Å². The Morgan fingerprint density at radius 1 is 1.00 bits per heavy atom. The van der Waals surface area contributed by atoms with Crippen molar-refractivity contribution in [3.63, 3.8) is 0 Å². The van der Waals surface area contributed by atoms with Gasteiger partial charge >= 0.3 is 0 Å². The molecule has 0 aliphatic rings. The molecule has 94 valence electrons. The molecule has 0 radical (unpaired) electrons. The average molecular weight is 243 g/mol. The molecule has 0 bridgehead atoms. The van der Waals surface area contributed by atoms with Crippen LogP contribution in [0.2, 0.25) is 0 Å². The highest BCUT2D eigenvalue weighted by Crippen LogP contribution is 2.23. The van der Waals surface area contributed by atoms with E-state index in [0.29, 0.717) is 5.69 Å². The third kappa shape index (κ3) is 2.89. The summed E-state index contributed by atoms with van der Waals surface area (Å²) in [5, 5.41) is 3.22. The first-order valence-electron chi connectivity index (χ1n) is 6.15. The SMILES string of the molecule is Cc1cccc(C(C)Nc2cc(C)ccc2F)c1. The zero-order valence-corrected chi connectivity index (χ0v) is 11.0. The molecule has 0 heterocycles. The van der Waals surface area contributed by atoms with Gasteiger partial charge in [0.15, 0.2) is 0 Å². The molecule has 0 aliphatic carbocycles. The van der Waals surface area contributed by atoms with Gasteiger partial charge in [-0.1, -0.05) is 35.9 Å². The summed E-state index contributed by atoms with van der Waals surface area (Å²) in [6.07, 6.45) is 0. The van der Waals surface area contributed by atoms with Gasteiger partial charge in [0.05, 0.1) is 5.69 Å². The first-order chi connectivity index (χ1) is 8.56. The predicted octanol–water partition coefficient (Wildman–Crippen LogP) is 4.62.